The minimum absolute atomic E-state index is 0.0493. The number of amides is 2. The molecule has 9 nitrogen and oxygen atoms in total. The Labute approximate surface area is 186 Å². The summed E-state index contributed by atoms with van der Waals surface area (Å²) >= 11 is 0. The molecule has 2 aliphatic rings. The fraction of sp³-hybridized carbons (Fsp3) is 0.565. The van der Waals surface area contributed by atoms with Gasteiger partial charge in [-0.25, -0.2) is 0 Å². The first-order valence-electron chi connectivity index (χ1n) is 11.2. The molecule has 0 bridgehead atoms. The third-order valence-electron chi connectivity index (χ3n) is 5.99. The van der Waals surface area contributed by atoms with Crippen LogP contribution in [0.3, 0.4) is 0 Å². The van der Waals surface area contributed by atoms with Gasteiger partial charge in [-0.15, -0.1) is 0 Å². The van der Waals surface area contributed by atoms with Gasteiger partial charge in [0, 0.05) is 37.3 Å². The Kier molecular flexibility index (Phi) is 5.60. The first kappa shape index (κ1) is 22.1. The van der Waals surface area contributed by atoms with Gasteiger partial charge in [0.2, 0.25) is 11.8 Å². The molecular weight excluding hydrogens is 410 g/mol. The molecule has 0 unspecified atom stereocenters. The summed E-state index contributed by atoms with van der Waals surface area (Å²) in [6.07, 6.45) is 7.27. The lowest BCUT2D eigenvalue weighted by molar-refractivity contribution is -0.125. The average Bonchev–Trinajstić information content (AvgIpc) is 3.29. The third kappa shape index (κ3) is 4.28. The molecule has 9 heteroatoms. The number of nitrogens with one attached hydrogen (secondary N) is 1. The fourth-order valence-corrected chi connectivity index (χ4v) is 4.12. The van der Waals surface area contributed by atoms with E-state index in [0.717, 1.165) is 23.8 Å². The van der Waals surface area contributed by atoms with E-state index in [2.05, 4.69) is 24.3 Å². The maximum absolute atomic E-state index is 13.0. The van der Waals surface area contributed by atoms with Crippen LogP contribution in [0, 0.1) is 11.3 Å². The second-order valence-electron chi connectivity index (χ2n) is 10.1. The molecule has 4 rings (SSSR count). The Hall–Kier alpha value is -3.10. The lowest BCUT2D eigenvalue weighted by atomic mass is 9.93. The van der Waals surface area contributed by atoms with E-state index in [1.165, 1.54) is 16.8 Å². The number of nitrogens with zero attached hydrogens (tertiary/aromatic N) is 4. The number of carbonyl (C=O) groups is 2. The van der Waals surface area contributed by atoms with E-state index in [9.17, 15) is 19.5 Å². The normalized spacial score (nSPS) is 18.2. The second kappa shape index (κ2) is 8.11. The second-order valence-corrected chi connectivity index (χ2v) is 10.1. The van der Waals surface area contributed by atoms with Crippen LogP contribution in [0.15, 0.2) is 17.1 Å². The van der Waals surface area contributed by atoms with Gasteiger partial charge in [-0.1, -0.05) is 27.7 Å². The van der Waals surface area contributed by atoms with E-state index in [1.807, 2.05) is 13.8 Å². The van der Waals surface area contributed by atoms with Crippen LogP contribution in [-0.2, 0) is 11.3 Å². The van der Waals surface area contributed by atoms with Crippen molar-refractivity contribution in [3.63, 3.8) is 0 Å². The van der Waals surface area contributed by atoms with Crippen molar-refractivity contribution in [1.29, 1.82) is 0 Å². The maximum atomic E-state index is 13.0. The van der Waals surface area contributed by atoms with Crippen LogP contribution in [0.5, 0.6) is 5.88 Å². The minimum atomic E-state index is -0.678. The van der Waals surface area contributed by atoms with Crippen molar-refractivity contribution in [2.24, 2.45) is 11.3 Å². The molecule has 0 aromatic carbocycles. The molecule has 3 heterocycles. The van der Waals surface area contributed by atoms with Crippen LogP contribution >= 0.6 is 0 Å². The summed E-state index contributed by atoms with van der Waals surface area (Å²) in [6.45, 7) is 10.0. The van der Waals surface area contributed by atoms with Crippen LogP contribution in [-0.4, -0.2) is 55.1 Å². The molecule has 1 saturated heterocycles. The predicted octanol–water partition coefficient (Wildman–Crippen LogP) is 2.02. The van der Waals surface area contributed by atoms with Crippen molar-refractivity contribution in [1.82, 2.24) is 24.4 Å². The van der Waals surface area contributed by atoms with E-state index < -0.39 is 11.5 Å². The van der Waals surface area contributed by atoms with Crippen LogP contribution in [0.1, 0.15) is 62.9 Å². The number of likely N-dealkylation sites (tertiary alicyclic amines) is 1. The van der Waals surface area contributed by atoms with Crippen molar-refractivity contribution in [2.75, 3.05) is 13.1 Å². The number of fused-ring (bicyclic) bond motifs is 1. The summed E-state index contributed by atoms with van der Waals surface area (Å²) in [4.78, 5) is 40.1. The number of rotatable bonds is 6. The Morgan fingerprint density at radius 3 is 2.66 bits per heavy atom. The fourth-order valence-electron chi connectivity index (χ4n) is 4.12. The maximum Gasteiger partial charge on any atom is 0.291 e. The van der Waals surface area contributed by atoms with Gasteiger partial charge < -0.3 is 15.3 Å². The molecule has 0 radical (unpaired) electrons. The zero-order valence-corrected chi connectivity index (χ0v) is 19.1. The zero-order valence-electron chi connectivity index (χ0n) is 19.1. The Morgan fingerprint density at radius 1 is 1.34 bits per heavy atom. The predicted molar refractivity (Wildman–Crippen MR) is 120 cm³/mol. The quantitative estimate of drug-likeness (QED) is 0.667. The Bertz CT molecular complexity index is 1150. The van der Waals surface area contributed by atoms with Gasteiger partial charge in [-0.3, -0.25) is 19.0 Å². The summed E-state index contributed by atoms with van der Waals surface area (Å²) in [7, 11) is 0. The van der Waals surface area contributed by atoms with Crippen molar-refractivity contribution in [2.45, 2.75) is 59.5 Å². The van der Waals surface area contributed by atoms with Crippen molar-refractivity contribution < 1.29 is 14.7 Å². The van der Waals surface area contributed by atoms with Gasteiger partial charge in [-0.05, 0) is 36.7 Å². The van der Waals surface area contributed by atoms with Crippen molar-refractivity contribution in [3.8, 4) is 5.88 Å². The van der Waals surface area contributed by atoms with Gasteiger partial charge in [0.05, 0.1) is 6.20 Å². The summed E-state index contributed by atoms with van der Waals surface area (Å²) < 4.78 is 2.66. The molecule has 32 heavy (non-hydrogen) atoms. The molecule has 0 atom stereocenters. The largest absolute Gasteiger partial charge is 0.494 e. The highest BCUT2D eigenvalue weighted by Gasteiger charge is 2.32. The molecule has 172 valence electrons. The van der Waals surface area contributed by atoms with Gasteiger partial charge >= 0.3 is 0 Å². The third-order valence-corrected chi connectivity index (χ3v) is 5.99. The molecule has 2 amide bonds. The summed E-state index contributed by atoms with van der Waals surface area (Å²) in [5, 5.41) is 17.9. The smallest absolute Gasteiger partial charge is 0.291 e. The van der Waals surface area contributed by atoms with Crippen molar-refractivity contribution in [3.05, 3.63) is 33.8 Å². The van der Waals surface area contributed by atoms with E-state index in [4.69, 9.17) is 0 Å². The number of carbonyl (C=O) groups excluding carboxylic acids is 2. The Balaban J connectivity index is 1.74. The molecule has 1 saturated carbocycles. The summed E-state index contributed by atoms with van der Waals surface area (Å²) in [5.74, 6) is -0.935. The number of hydrogen-bond acceptors (Lipinski definition) is 5. The number of hydrogen-bond donors (Lipinski definition) is 2. The summed E-state index contributed by atoms with van der Waals surface area (Å²) in [5.41, 5.74) is 0.00508. The Morgan fingerprint density at radius 2 is 2.06 bits per heavy atom. The van der Waals surface area contributed by atoms with E-state index >= 15 is 0 Å². The van der Waals surface area contributed by atoms with Gasteiger partial charge in [0.15, 0.2) is 5.56 Å². The first-order valence-corrected chi connectivity index (χ1v) is 11.2. The molecule has 1 aliphatic heterocycles. The molecule has 2 N–H and O–H groups in total. The highest BCUT2D eigenvalue weighted by Crippen LogP contribution is 2.29. The standard InChI is InChI=1S/C23H31N5O4/c1-14(2)12-27-20-15(5-8-17(29)26-10-9-23(3,4)13-26)11-24-28(20)22(32)18(21(27)31)19(30)25-16-6-7-16/h5,8,11,14,16,31H,6-7,9-10,12-13H2,1-4H3,(H,25,30)/b8-5+. The lowest BCUT2D eigenvalue weighted by Gasteiger charge is -2.18. The van der Waals surface area contributed by atoms with Crippen LogP contribution in [0.25, 0.3) is 11.7 Å². The highest BCUT2D eigenvalue weighted by atomic mass is 16.3. The van der Waals surface area contributed by atoms with Gasteiger partial charge in [-0.2, -0.15) is 9.61 Å². The molecule has 2 fully saturated rings. The lowest BCUT2D eigenvalue weighted by Crippen LogP contribution is -2.34. The molecular formula is C23H31N5O4. The number of aromatic nitrogens is 3. The van der Waals surface area contributed by atoms with Crippen molar-refractivity contribution >= 4 is 23.5 Å². The summed E-state index contributed by atoms with van der Waals surface area (Å²) in [6, 6.07) is 0.0493. The van der Waals surface area contributed by atoms with Crippen LogP contribution < -0.4 is 10.9 Å². The zero-order chi connectivity index (χ0) is 23.2. The van der Waals surface area contributed by atoms with Gasteiger partial charge in [0.1, 0.15) is 5.65 Å². The van der Waals surface area contributed by atoms with Gasteiger partial charge in [0.25, 0.3) is 11.5 Å². The van der Waals surface area contributed by atoms with E-state index in [-0.39, 0.29) is 34.7 Å². The van der Waals surface area contributed by atoms with E-state index in [1.54, 1.807) is 11.0 Å². The molecule has 0 spiro atoms. The topological polar surface area (TPSA) is 109 Å². The molecule has 2 aromatic heterocycles. The first-order chi connectivity index (χ1) is 15.1. The SMILES string of the molecule is CC(C)Cn1c(O)c(C(=O)NC2CC2)c(=O)n2ncc(/C=C/C(=O)N3CCC(C)(C)C3)c12. The minimum Gasteiger partial charge on any atom is -0.494 e. The number of aromatic hydroxyl groups is 1. The van der Waals surface area contributed by atoms with E-state index in [0.29, 0.717) is 30.8 Å². The monoisotopic (exact) mass is 441 g/mol. The molecule has 1 aliphatic carbocycles. The van der Waals surface area contributed by atoms with Crippen LogP contribution in [0.2, 0.25) is 0 Å². The average molecular weight is 442 g/mol. The van der Waals surface area contributed by atoms with Crippen LogP contribution in [0.4, 0.5) is 0 Å². The highest BCUT2D eigenvalue weighted by molar-refractivity contribution is 5.97. The molecule has 2 aromatic rings.